The number of fused-ring (bicyclic) bond motifs is 1. The third-order valence-electron chi connectivity index (χ3n) is 6.50. The maximum Gasteiger partial charge on any atom is 0.573 e. The molecule has 206 valence electrons. The first-order valence-electron chi connectivity index (χ1n) is 11.6. The molecular formula is C24H24Cl2F3N3O5S. The summed E-state index contributed by atoms with van der Waals surface area (Å²) in [6.07, 6.45) is -5.06. The van der Waals surface area contributed by atoms with Gasteiger partial charge in [-0.1, -0.05) is 35.3 Å². The number of alkyl halides is 3. The Morgan fingerprint density at radius 3 is 2.37 bits per heavy atom. The minimum atomic E-state index is -5.01. The molecule has 0 aliphatic carbocycles. The number of amides is 2. The van der Waals surface area contributed by atoms with Crippen LogP contribution < -0.4 is 10.1 Å². The molecule has 4 rings (SSSR count). The lowest BCUT2D eigenvalue weighted by atomic mass is 9.97. The van der Waals surface area contributed by atoms with Gasteiger partial charge in [0, 0.05) is 36.5 Å². The number of rotatable bonds is 6. The van der Waals surface area contributed by atoms with Crippen LogP contribution >= 0.6 is 23.2 Å². The Bertz CT molecular complexity index is 1360. The van der Waals surface area contributed by atoms with Gasteiger partial charge >= 0.3 is 6.36 Å². The highest BCUT2D eigenvalue weighted by molar-refractivity contribution is 7.93. The van der Waals surface area contributed by atoms with Crippen LogP contribution in [0.2, 0.25) is 10.0 Å². The summed E-state index contributed by atoms with van der Waals surface area (Å²) >= 11 is 12.2. The highest BCUT2D eigenvalue weighted by Gasteiger charge is 2.62. The van der Waals surface area contributed by atoms with Crippen LogP contribution in [0.3, 0.4) is 0 Å². The molecule has 38 heavy (non-hydrogen) atoms. The van der Waals surface area contributed by atoms with Crippen molar-refractivity contribution in [2.24, 2.45) is 0 Å². The van der Waals surface area contributed by atoms with Gasteiger partial charge in [-0.25, -0.2) is 8.42 Å². The first-order chi connectivity index (χ1) is 17.7. The normalized spacial score (nSPS) is 22.6. The third kappa shape index (κ3) is 5.18. The van der Waals surface area contributed by atoms with Crippen LogP contribution in [0.15, 0.2) is 47.4 Å². The molecule has 2 atom stereocenters. The number of piperazine rings is 1. The standard InChI is InChI=1S/C24H24Cl2F3N3O5S/c1-14(2)31-13-23(38(35,36)20-8-7-17(12-18(20)26)37-24(27,28)29)30-10-9-21(33)32(23)19(22(31)34)11-15-3-5-16(25)6-4-15/h3-8,12,14,19,30H,9-11,13H2,1-2H3. The van der Waals surface area contributed by atoms with E-state index < -0.39 is 67.3 Å². The van der Waals surface area contributed by atoms with Gasteiger partial charge in [0.15, 0.2) is 0 Å². The molecule has 14 heteroatoms. The van der Waals surface area contributed by atoms with Crippen LogP contribution in [0, 0.1) is 0 Å². The summed E-state index contributed by atoms with van der Waals surface area (Å²) in [5.41, 5.74) is 0.648. The van der Waals surface area contributed by atoms with E-state index in [0.717, 1.165) is 23.1 Å². The molecular weight excluding hydrogens is 570 g/mol. The van der Waals surface area contributed by atoms with E-state index in [1.54, 1.807) is 38.1 Å². The fraction of sp³-hybridized carbons (Fsp3) is 0.417. The van der Waals surface area contributed by atoms with Crippen LogP contribution in [0.25, 0.3) is 0 Å². The van der Waals surface area contributed by atoms with E-state index in [1.807, 2.05) is 0 Å². The minimum absolute atomic E-state index is 0.00472. The van der Waals surface area contributed by atoms with E-state index in [-0.39, 0.29) is 19.4 Å². The molecule has 2 amide bonds. The molecule has 2 fully saturated rings. The van der Waals surface area contributed by atoms with Crippen molar-refractivity contribution >= 4 is 44.9 Å². The van der Waals surface area contributed by atoms with Gasteiger partial charge in [-0.15, -0.1) is 13.2 Å². The van der Waals surface area contributed by atoms with E-state index in [9.17, 15) is 31.2 Å². The lowest BCUT2D eigenvalue weighted by Gasteiger charge is -2.56. The maximum absolute atomic E-state index is 14.3. The molecule has 1 N–H and O–H groups in total. The van der Waals surface area contributed by atoms with Crippen molar-refractivity contribution in [1.82, 2.24) is 15.1 Å². The topological polar surface area (TPSA) is 96.0 Å². The summed E-state index contributed by atoms with van der Waals surface area (Å²) in [4.78, 5) is 26.8. The lowest BCUT2D eigenvalue weighted by Crippen LogP contribution is -2.80. The number of nitrogens with zero attached hydrogens (tertiary/aromatic N) is 2. The van der Waals surface area contributed by atoms with Crippen molar-refractivity contribution in [2.45, 2.75) is 55.0 Å². The molecule has 2 aromatic carbocycles. The number of hydrogen-bond donors (Lipinski definition) is 1. The summed E-state index contributed by atoms with van der Waals surface area (Å²) in [7, 11) is -4.62. The Morgan fingerprint density at radius 2 is 1.79 bits per heavy atom. The average Bonchev–Trinajstić information content (AvgIpc) is 2.80. The Balaban J connectivity index is 1.85. The second-order valence-corrected chi connectivity index (χ2v) is 12.2. The SMILES string of the molecule is CC(C)N1CC2(S(=O)(=O)c3ccc(OC(F)(F)F)cc3Cl)NCCC(=O)N2C(Cc2ccc(Cl)cc2)C1=O. The summed E-state index contributed by atoms with van der Waals surface area (Å²) < 4.78 is 70.4. The summed E-state index contributed by atoms with van der Waals surface area (Å²) in [6.45, 7) is 3.02. The number of nitrogens with one attached hydrogen (secondary N) is 1. The van der Waals surface area contributed by atoms with Crippen molar-refractivity contribution in [3.63, 3.8) is 0 Å². The highest BCUT2D eigenvalue weighted by Crippen LogP contribution is 2.41. The maximum atomic E-state index is 14.3. The number of benzene rings is 2. The van der Waals surface area contributed by atoms with E-state index in [0.29, 0.717) is 10.6 Å². The third-order valence-corrected chi connectivity index (χ3v) is 9.47. The van der Waals surface area contributed by atoms with Crippen molar-refractivity contribution in [1.29, 1.82) is 0 Å². The fourth-order valence-electron chi connectivity index (χ4n) is 4.79. The average molecular weight is 594 g/mol. The second-order valence-electron chi connectivity index (χ2n) is 9.27. The summed E-state index contributed by atoms with van der Waals surface area (Å²) in [5, 5.41) is 2.89. The zero-order valence-corrected chi connectivity index (χ0v) is 22.6. The van der Waals surface area contributed by atoms with E-state index in [1.165, 1.54) is 4.90 Å². The second kappa shape index (κ2) is 10.2. The quantitative estimate of drug-likeness (QED) is 0.544. The van der Waals surface area contributed by atoms with Crippen molar-refractivity contribution in [3.05, 3.63) is 58.1 Å². The number of carbonyl (C=O) groups excluding carboxylic acids is 2. The number of carbonyl (C=O) groups is 2. The molecule has 2 aliphatic rings. The minimum Gasteiger partial charge on any atom is -0.406 e. The van der Waals surface area contributed by atoms with Gasteiger partial charge in [0.2, 0.25) is 26.6 Å². The first-order valence-corrected chi connectivity index (χ1v) is 13.8. The van der Waals surface area contributed by atoms with Crippen LogP contribution in [0.1, 0.15) is 25.8 Å². The fourth-order valence-corrected chi connectivity index (χ4v) is 7.40. The molecule has 2 heterocycles. The molecule has 0 saturated carbocycles. The summed E-state index contributed by atoms with van der Waals surface area (Å²) in [5.74, 6) is -1.69. The molecule has 2 aliphatic heterocycles. The number of halogens is 5. The Hall–Kier alpha value is -2.54. The largest absolute Gasteiger partial charge is 0.573 e. The molecule has 0 radical (unpaired) electrons. The van der Waals surface area contributed by atoms with Crippen molar-refractivity contribution < 1.29 is 35.9 Å². The van der Waals surface area contributed by atoms with Crippen molar-refractivity contribution in [2.75, 3.05) is 13.1 Å². The zero-order valence-electron chi connectivity index (χ0n) is 20.3. The van der Waals surface area contributed by atoms with Gasteiger partial charge in [-0.3, -0.25) is 19.8 Å². The predicted octanol–water partition coefficient (Wildman–Crippen LogP) is 4.00. The smallest absolute Gasteiger partial charge is 0.406 e. The number of ether oxygens (including phenoxy) is 1. The van der Waals surface area contributed by atoms with Gasteiger partial charge in [0.05, 0.1) is 16.5 Å². The lowest BCUT2D eigenvalue weighted by molar-refractivity contribution is -0.274. The number of sulfone groups is 1. The Labute approximate surface area is 227 Å². The highest BCUT2D eigenvalue weighted by atomic mass is 35.5. The Morgan fingerprint density at radius 1 is 1.13 bits per heavy atom. The van der Waals surface area contributed by atoms with Gasteiger partial charge in [0.25, 0.3) is 0 Å². The molecule has 0 aromatic heterocycles. The van der Waals surface area contributed by atoms with Crippen LogP contribution in [-0.2, 0) is 25.8 Å². The Kier molecular flexibility index (Phi) is 7.65. The predicted molar refractivity (Wildman–Crippen MR) is 133 cm³/mol. The van der Waals surface area contributed by atoms with Gasteiger partial charge in [0.1, 0.15) is 11.8 Å². The molecule has 8 nitrogen and oxygen atoms in total. The molecule has 0 bridgehead atoms. The van der Waals surface area contributed by atoms with E-state index in [2.05, 4.69) is 10.1 Å². The molecule has 2 unspecified atom stereocenters. The monoisotopic (exact) mass is 593 g/mol. The van der Waals surface area contributed by atoms with Crippen molar-refractivity contribution in [3.8, 4) is 5.75 Å². The van der Waals surface area contributed by atoms with Crippen LogP contribution in [0.4, 0.5) is 13.2 Å². The molecule has 2 aromatic rings. The van der Waals surface area contributed by atoms with Gasteiger partial charge in [-0.05, 0) is 43.7 Å². The molecule has 0 spiro atoms. The number of hydrogen-bond acceptors (Lipinski definition) is 6. The van der Waals surface area contributed by atoms with Gasteiger partial charge in [-0.2, -0.15) is 0 Å². The van der Waals surface area contributed by atoms with Crippen LogP contribution in [-0.4, -0.2) is 66.6 Å². The van der Waals surface area contributed by atoms with E-state index in [4.69, 9.17) is 23.2 Å². The van der Waals surface area contributed by atoms with E-state index >= 15 is 0 Å². The van der Waals surface area contributed by atoms with Crippen LogP contribution in [0.5, 0.6) is 5.75 Å². The van der Waals surface area contributed by atoms with Gasteiger partial charge < -0.3 is 9.64 Å². The zero-order chi connectivity index (χ0) is 28.0. The summed E-state index contributed by atoms with van der Waals surface area (Å²) in [6, 6.07) is 7.46. The first kappa shape index (κ1) is 28.5. The molecule has 2 saturated heterocycles.